The molecule has 1 saturated heterocycles. The molecule has 7 nitrogen and oxygen atoms in total. The Labute approximate surface area is 163 Å². The summed E-state index contributed by atoms with van der Waals surface area (Å²) in [5.74, 6) is -0.192. The summed E-state index contributed by atoms with van der Waals surface area (Å²) < 4.78 is 1.90. The summed E-state index contributed by atoms with van der Waals surface area (Å²) in [4.78, 5) is 16.9. The first-order chi connectivity index (χ1) is 11.1. The average Bonchev–Trinajstić information content (AvgIpc) is 3.14. The maximum absolute atomic E-state index is 12.5. The topological polar surface area (TPSA) is 84.7 Å². The number of hydrogen-bond donors (Lipinski definition) is 2. The summed E-state index contributed by atoms with van der Waals surface area (Å²) in [6.45, 7) is 7.75. The Bertz CT molecular complexity index is 698. The van der Waals surface area contributed by atoms with E-state index in [0.29, 0.717) is 11.7 Å². The number of halogens is 2. The molecule has 0 spiro atoms. The first-order valence-corrected chi connectivity index (χ1v) is 8.79. The minimum Gasteiger partial charge on any atom is -0.342 e. The number of aromatic nitrogens is 4. The van der Waals surface area contributed by atoms with Gasteiger partial charge < -0.3 is 10.6 Å². The lowest BCUT2D eigenvalue weighted by atomic mass is 10.1. The van der Waals surface area contributed by atoms with Crippen LogP contribution in [0, 0.1) is 13.8 Å². The van der Waals surface area contributed by atoms with Gasteiger partial charge in [0, 0.05) is 11.1 Å². The van der Waals surface area contributed by atoms with Gasteiger partial charge >= 0.3 is 0 Å². The molecule has 1 unspecified atom stereocenters. The van der Waals surface area contributed by atoms with Crippen molar-refractivity contribution in [1.82, 2.24) is 30.6 Å². The third-order valence-corrected chi connectivity index (χ3v) is 5.30. The highest BCUT2D eigenvalue weighted by Crippen LogP contribution is 2.21. The van der Waals surface area contributed by atoms with Crippen LogP contribution in [0.5, 0.6) is 0 Å². The fourth-order valence-corrected chi connectivity index (χ4v) is 3.65. The number of thiazole rings is 1. The first-order valence-electron chi connectivity index (χ1n) is 7.91. The van der Waals surface area contributed by atoms with Gasteiger partial charge in [0.2, 0.25) is 0 Å². The molecule has 1 aliphatic rings. The fourth-order valence-electron chi connectivity index (χ4n) is 2.85. The van der Waals surface area contributed by atoms with E-state index in [4.69, 9.17) is 0 Å². The lowest BCUT2D eigenvalue weighted by Gasteiger charge is -2.23. The number of piperidine rings is 1. The van der Waals surface area contributed by atoms with Gasteiger partial charge in [0.1, 0.15) is 5.01 Å². The molecule has 10 heteroatoms. The van der Waals surface area contributed by atoms with Crippen LogP contribution in [-0.4, -0.2) is 39.0 Å². The quantitative estimate of drug-likeness (QED) is 0.814. The summed E-state index contributed by atoms with van der Waals surface area (Å²) in [5, 5.41) is 17.5. The number of carbonyl (C=O) groups excluding carboxylic acids is 1. The molecule has 2 N–H and O–H groups in total. The average molecular weight is 407 g/mol. The van der Waals surface area contributed by atoms with Crippen LogP contribution >= 0.6 is 36.2 Å². The monoisotopic (exact) mass is 406 g/mol. The van der Waals surface area contributed by atoms with Gasteiger partial charge in [-0.3, -0.25) is 4.79 Å². The standard InChI is InChI=1S/C15H22N6OS.2ClH/c1-9-8-23-15(17-9)10(2)18-14(22)13-11(3)21(20-19-13)12-4-6-16-7-5-12;;/h8,10,12,16H,4-7H2,1-3H3,(H,18,22);2*1H. The minimum atomic E-state index is -0.192. The van der Waals surface area contributed by atoms with Gasteiger partial charge in [-0.25, -0.2) is 9.67 Å². The molecule has 2 aromatic heterocycles. The predicted molar refractivity (Wildman–Crippen MR) is 103 cm³/mol. The Balaban J connectivity index is 0.00000156. The molecular formula is C15H24Cl2N6OS. The van der Waals surface area contributed by atoms with E-state index in [0.717, 1.165) is 42.3 Å². The number of rotatable bonds is 4. The summed E-state index contributed by atoms with van der Waals surface area (Å²) in [7, 11) is 0. The summed E-state index contributed by atoms with van der Waals surface area (Å²) in [6.07, 6.45) is 2.03. The normalized spacial score (nSPS) is 15.8. The third-order valence-electron chi connectivity index (χ3n) is 4.15. The SMILES string of the molecule is Cc1csc(C(C)NC(=O)c2nnn(C3CCNCC3)c2C)n1.Cl.Cl. The van der Waals surface area contributed by atoms with E-state index < -0.39 is 0 Å². The van der Waals surface area contributed by atoms with Crippen LogP contribution in [0.2, 0.25) is 0 Å². The Morgan fingerprint density at radius 1 is 1.36 bits per heavy atom. The largest absolute Gasteiger partial charge is 0.342 e. The highest BCUT2D eigenvalue weighted by Gasteiger charge is 2.24. The second kappa shape index (κ2) is 9.47. The molecule has 140 valence electrons. The molecule has 3 heterocycles. The first kappa shape index (κ1) is 21.8. The van der Waals surface area contributed by atoms with Crippen molar-refractivity contribution < 1.29 is 4.79 Å². The summed E-state index contributed by atoms with van der Waals surface area (Å²) >= 11 is 1.55. The molecule has 1 fully saturated rings. The van der Waals surface area contributed by atoms with Gasteiger partial charge in [0.05, 0.1) is 17.8 Å². The molecule has 1 aliphatic heterocycles. The van der Waals surface area contributed by atoms with Crippen molar-refractivity contribution in [1.29, 1.82) is 0 Å². The van der Waals surface area contributed by atoms with Crippen molar-refractivity contribution in [2.24, 2.45) is 0 Å². The van der Waals surface area contributed by atoms with Crippen LogP contribution in [0.3, 0.4) is 0 Å². The second-order valence-corrected chi connectivity index (χ2v) is 6.86. The Hall–Kier alpha value is -1.22. The van der Waals surface area contributed by atoms with E-state index in [1.54, 1.807) is 11.3 Å². The van der Waals surface area contributed by atoms with Gasteiger partial charge in [-0.15, -0.1) is 41.2 Å². The summed E-state index contributed by atoms with van der Waals surface area (Å²) in [6, 6.07) is 0.189. The maximum atomic E-state index is 12.5. The minimum absolute atomic E-state index is 0. The van der Waals surface area contributed by atoms with Crippen molar-refractivity contribution in [2.75, 3.05) is 13.1 Å². The molecule has 0 aliphatic carbocycles. The van der Waals surface area contributed by atoms with E-state index in [2.05, 4.69) is 25.9 Å². The number of carbonyl (C=O) groups is 1. The number of amides is 1. The zero-order valence-electron chi connectivity index (χ0n) is 14.5. The molecule has 25 heavy (non-hydrogen) atoms. The van der Waals surface area contributed by atoms with Crippen molar-refractivity contribution in [3.05, 3.63) is 27.5 Å². The third kappa shape index (κ3) is 4.91. The zero-order valence-corrected chi connectivity index (χ0v) is 16.9. The number of aryl methyl sites for hydroxylation is 1. The van der Waals surface area contributed by atoms with E-state index in [1.807, 2.05) is 30.8 Å². The van der Waals surface area contributed by atoms with Gasteiger partial charge in [-0.05, 0) is 46.7 Å². The van der Waals surface area contributed by atoms with E-state index >= 15 is 0 Å². The highest BCUT2D eigenvalue weighted by molar-refractivity contribution is 7.09. The molecule has 0 saturated carbocycles. The van der Waals surface area contributed by atoms with E-state index in [-0.39, 0.29) is 36.8 Å². The number of nitrogens with one attached hydrogen (secondary N) is 2. The number of hydrogen-bond acceptors (Lipinski definition) is 6. The van der Waals surface area contributed by atoms with Crippen molar-refractivity contribution in [3.63, 3.8) is 0 Å². The van der Waals surface area contributed by atoms with Crippen LogP contribution in [0.15, 0.2) is 5.38 Å². The molecule has 1 atom stereocenters. The Kier molecular flexibility index (Phi) is 8.27. The van der Waals surface area contributed by atoms with Gasteiger partial charge in [-0.2, -0.15) is 0 Å². The van der Waals surface area contributed by atoms with Gasteiger partial charge in [-0.1, -0.05) is 5.21 Å². The van der Waals surface area contributed by atoms with Crippen molar-refractivity contribution >= 4 is 42.1 Å². The maximum Gasteiger partial charge on any atom is 0.274 e. The molecule has 1 amide bonds. The van der Waals surface area contributed by atoms with Crippen molar-refractivity contribution in [2.45, 2.75) is 45.7 Å². The fraction of sp³-hybridized carbons (Fsp3) is 0.600. The van der Waals surface area contributed by atoms with Crippen LogP contribution in [0.1, 0.15) is 58.7 Å². The van der Waals surface area contributed by atoms with E-state index in [9.17, 15) is 4.79 Å². The summed E-state index contributed by atoms with van der Waals surface area (Å²) in [5.41, 5.74) is 2.21. The molecular weight excluding hydrogens is 383 g/mol. The van der Waals surface area contributed by atoms with Crippen LogP contribution < -0.4 is 10.6 Å². The van der Waals surface area contributed by atoms with Crippen LogP contribution in [-0.2, 0) is 0 Å². The Morgan fingerprint density at radius 3 is 2.64 bits per heavy atom. The lowest BCUT2D eigenvalue weighted by molar-refractivity contribution is 0.0934. The lowest BCUT2D eigenvalue weighted by Crippen LogP contribution is -2.31. The Morgan fingerprint density at radius 2 is 2.04 bits per heavy atom. The zero-order chi connectivity index (χ0) is 16.4. The van der Waals surface area contributed by atoms with Crippen LogP contribution in [0.4, 0.5) is 0 Å². The number of nitrogens with zero attached hydrogens (tertiary/aromatic N) is 4. The molecule has 0 aromatic carbocycles. The van der Waals surface area contributed by atoms with Crippen LogP contribution in [0.25, 0.3) is 0 Å². The van der Waals surface area contributed by atoms with Crippen molar-refractivity contribution in [3.8, 4) is 0 Å². The second-order valence-electron chi connectivity index (χ2n) is 5.97. The molecule has 3 rings (SSSR count). The molecule has 0 bridgehead atoms. The highest BCUT2D eigenvalue weighted by atomic mass is 35.5. The van der Waals surface area contributed by atoms with Gasteiger partial charge in [0.25, 0.3) is 5.91 Å². The molecule has 0 radical (unpaired) electrons. The van der Waals surface area contributed by atoms with Gasteiger partial charge in [0.15, 0.2) is 5.69 Å². The van der Waals surface area contributed by atoms with E-state index in [1.165, 1.54) is 0 Å². The smallest absolute Gasteiger partial charge is 0.274 e. The predicted octanol–water partition coefficient (Wildman–Crippen LogP) is 2.61. The molecule has 2 aromatic rings.